The normalized spacial score (nSPS) is 22.2. The molecular formula is C16H33NO. The number of hydrogen-bond donors (Lipinski definition) is 1. The van der Waals surface area contributed by atoms with Gasteiger partial charge in [0.2, 0.25) is 0 Å². The lowest BCUT2D eigenvalue weighted by Crippen LogP contribution is -2.36. The van der Waals surface area contributed by atoms with Gasteiger partial charge in [-0.05, 0) is 33.6 Å². The van der Waals surface area contributed by atoms with Crippen LogP contribution in [0.5, 0.6) is 0 Å². The molecule has 1 N–H and O–H groups in total. The molecule has 0 aromatic rings. The maximum absolute atomic E-state index is 5.74. The molecule has 0 amide bonds. The highest BCUT2D eigenvalue weighted by molar-refractivity contribution is 4.66. The Balaban J connectivity index is 2.27. The minimum Gasteiger partial charge on any atom is -0.296 e. The predicted molar refractivity (Wildman–Crippen MR) is 78.5 cm³/mol. The Bertz CT molecular complexity index is 186. The molecular weight excluding hydrogens is 222 g/mol. The van der Waals surface area contributed by atoms with E-state index in [4.69, 9.17) is 4.84 Å². The summed E-state index contributed by atoms with van der Waals surface area (Å²) in [5.74, 6) is 0. The Morgan fingerprint density at radius 1 is 0.722 bits per heavy atom. The van der Waals surface area contributed by atoms with Gasteiger partial charge in [-0.3, -0.25) is 4.84 Å². The summed E-state index contributed by atoms with van der Waals surface area (Å²) in [5, 5.41) is 0. The molecule has 1 aliphatic rings. The fourth-order valence-corrected chi connectivity index (χ4v) is 2.54. The van der Waals surface area contributed by atoms with Gasteiger partial charge in [0.1, 0.15) is 0 Å². The first-order chi connectivity index (χ1) is 8.58. The van der Waals surface area contributed by atoms with E-state index in [0.29, 0.717) is 6.04 Å². The summed E-state index contributed by atoms with van der Waals surface area (Å²) in [6.07, 6.45) is 15.2. The predicted octanol–water partition coefficient (Wildman–Crippen LogP) is 4.98. The van der Waals surface area contributed by atoms with Crippen LogP contribution in [0.1, 0.15) is 91.4 Å². The van der Waals surface area contributed by atoms with Gasteiger partial charge in [-0.25, -0.2) is 0 Å². The molecule has 0 atom stereocenters. The highest BCUT2D eigenvalue weighted by Gasteiger charge is 2.15. The van der Waals surface area contributed by atoms with E-state index in [-0.39, 0.29) is 5.60 Å². The molecule has 0 aromatic carbocycles. The molecule has 108 valence electrons. The van der Waals surface area contributed by atoms with Gasteiger partial charge in [0.15, 0.2) is 0 Å². The zero-order valence-corrected chi connectivity index (χ0v) is 12.8. The smallest absolute Gasteiger partial charge is 0.0813 e. The first-order valence-corrected chi connectivity index (χ1v) is 8.01. The third kappa shape index (κ3) is 8.93. The van der Waals surface area contributed by atoms with Crippen molar-refractivity contribution in [1.29, 1.82) is 0 Å². The van der Waals surface area contributed by atoms with E-state index in [1.165, 1.54) is 70.6 Å². The minimum absolute atomic E-state index is 0.0797. The molecule has 1 fully saturated rings. The van der Waals surface area contributed by atoms with Crippen LogP contribution >= 0.6 is 0 Å². The fraction of sp³-hybridized carbons (Fsp3) is 1.00. The van der Waals surface area contributed by atoms with Crippen molar-refractivity contribution < 1.29 is 4.84 Å². The zero-order chi connectivity index (χ0) is 13.3. The summed E-state index contributed by atoms with van der Waals surface area (Å²) < 4.78 is 0. The highest BCUT2D eigenvalue weighted by atomic mass is 16.7. The summed E-state index contributed by atoms with van der Waals surface area (Å²) in [5.41, 5.74) is 3.23. The van der Waals surface area contributed by atoms with Crippen molar-refractivity contribution in [2.75, 3.05) is 0 Å². The first kappa shape index (κ1) is 16.0. The minimum atomic E-state index is -0.0797. The van der Waals surface area contributed by atoms with E-state index >= 15 is 0 Å². The molecule has 0 radical (unpaired) electrons. The van der Waals surface area contributed by atoms with Crippen molar-refractivity contribution in [3.05, 3.63) is 0 Å². The number of rotatable bonds is 2. The van der Waals surface area contributed by atoms with E-state index in [2.05, 4.69) is 26.3 Å². The lowest BCUT2D eigenvalue weighted by atomic mass is 9.98. The summed E-state index contributed by atoms with van der Waals surface area (Å²) in [4.78, 5) is 5.74. The molecule has 1 saturated carbocycles. The molecule has 2 heteroatoms. The second-order valence-corrected chi connectivity index (χ2v) is 6.79. The Hall–Kier alpha value is -0.0800. The van der Waals surface area contributed by atoms with Gasteiger partial charge >= 0.3 is 0 Å². The van der Waals surface area contributed by atoms with E-state index < -0.39 is 0 Å². The third-order valence-corrected chi connectivity index (χ3v) is 3.64. The standard InChI is InChI=1S/C16H33NO/c1-16(2,3)18-17-15-13-11-9-7-5-4-6-8-10-12-14-15/h15,17H,4-14H2,1-3H3. The number of hydroxylamine groups is 1. The Kier molecular flexibility index (Phi) is 7.92. The van der Waals surface area contributed by atoms with Crippen LogP contribution in [0.25, 0.3) is 0 Å². The molecule has 0 unspecified atom stereocenters. The van der Waals surface area contributed by atoms with Crippen LogP contribution in [0.15, 0.2) is 0 Å². The summed E-state index contributed by atoms with van der Waals surface area (Å²) in [7, 11) is 0. The Morgan fingerprint density at radius 3 is 1.50 bits per heavy atom. The molecule has 0 saturated heterocycles. The fourth-order valence-electron chi connectivity index (χ4n) is 2.54. The van der Waals surface area contributed by atoms with Crippen LogP contribution in [0.3, 0.4) is 0 Å². The molecule has 18 heavy (non-hydrogen) atoms. The van der Waals surface area contributed by atoms with E-state index in [1.54, 1.807) is 0 Å². The number of hydrogen-bond acceptors (Lipinski definition) is 2. The molecule has 0 bridgehead atoms. The van der Waals surface area contributed by atoms with Crippen LogP contribution in [0.4, 0.5) is 0 Å². The van der Waals surface area contributed by atoms with Gasteiger partial charge < -0.3 is 0 Å². The largest absolute Gasteiger partial charge is 0.296 e. The van der Waals surface area contributed by atoms with Crippen molar-refractivity contribution in [3.63, 3.8) is 0 Å². The van der Waals surface area contributed by atoms with Crippen LogP contribution < -0.4 is 5.48 Å². The summed E-state index contributed by atoms with van der Waals surface area (Å²) >= 11 is 0. The Morgan fingerprint density at radius 2 is 1.11 bits per heavy atom. The Labute approximate surface area is 114 Å². The SMILES string of the molecule is CC(C)(C)ONC1CCCCCCCCCCC1. The van der Waals surface area contributed by atoms with Crippen molar-refractivity contribution in [2.45, 2.75) is 103 Å². The van der Waals surface area contributed by atoms with Crippen LogP contribution in [0, 0.1) is 0 Å². The molecule has 2 nitrogen and oxygen atoms in total. The van der Waals surface area contributed by atoms with Crippen LogP contribution in [0.2, 0.25) is 0 Å². The van der Waals surface area contributed by atoms with Gasteiger partial charge in [-0.2, -0.15) is 5.48 Å². The molecule has 1 aliphatic carbocycles. The highest BCUT2D eigenvalue weighted by Crippen LogP contribution is 2.17. The van der Waals surface area contributed by atoms with Crippen molar-refractivity contribution in [3.8, 4) is 0 Å². The maximum atomic E-state index is 5.74. The quantitative estimate of drug-likeness (QED) is 0.703. The van der Waals surface area contributed by atoms with Gasteiger partial charge in [0.05, 0.1) is 5.60 Å². The van der Waals surface area contributed by atoms with Gasteiger partial charge in [0.25, 0.3) is 0 Å². The topological polar surface area (TPSA) is 21.3 Å². The molecule has 0 aliphatic heterocycles. The molecule has 0 heterocycles. The lowest BCUT2D eigenvalue weighted by Gasteiger charge is -2.25. The molecule has 1 rings (SSSR count). The van der Waals surface area contributed by atoms with E-state index in [0.717, 1.165) is 0 Å². The molecule has 0 aromatic heterocycles. The van der Waals surface area contributed by atoms with E-state index in [9.17, 15) is 0 Å². The van der Waals surface area contributed by atoms with Crippen molar-refractivity contribution in [1.82, 2.24) is 5.48 Å². The second kappa shape index (κ2) is 8.92. The third-order valence-electron chi connectivity index (χ3n) is 3.64. The van der Waals surface area contributed by atoms with Gasteiger partial charge in [0, 0.05) is 6.04 Å². The van der Waals surface area contributed by atoms with Gasteiger partial charge in [-0.15, -0.1) is 0 Å². The molecule has 0 spiro atoms. The average molecular weight is 255 g/mol. The number of nitrogens with one attached hydrogen (secondary N) is 1. The first-order valence-electron chi connectivity index (χ1n) is 8.01. The van der Waals surface area contributed by atoms with Gasteiger partial charge in [-0.1, -0.05) is 57.8 Å². The maximum Gasteiger partial charge on any atom is 0.0813 e. The lowest BCUT2D eigenvalue weighted by molar-refractivity contribution is -0.0908. The summed E-state index contributed by atoms with van der Waals surface area (Å²) in [6.45, 7) is 6.32. The summed E-state index contributed by atoms with van der Waals surface area (Å²) in [6, 6.07) is 0.559. The van der Waals surface area contributed by atoms with Crippen LogP contribution in [-0.2, 0) is 4.84 Å². The monoisotopic (exact) mass is 255 g/mol. The van der Waals surface area contributed by atoms with E-state index in [1.807, 2.05) is 0 Å². The van der Waals surface area contributed by atoms with Crippen LogP contribution in [-0.4, -0.2) is 11.6 Å². The van der Waals surface area contributed by atoms with Crippen molar-refractivity contribution >= 4 is 0 Å². The average Bonchev–Trinajstić information content (AvgIpc) is 2.27. The second-order valence-electron chi connectivity index (χ2n) is 6.79. The zero-order valence-electron chi connectivity index (χ0n) is 12.8. The van der Waals surface area contributed by atoms with Crippen molar-refractivity contribution in [2.24, 2.45) is 0 Å².